The fourth-order valence-electron chi connectivity index (χ4n) is 2.12. The van der Waals surface area contributed by atoms with Gasteiger partial charge in [-0.3, -0.25) is 0 Å². The molecular formula is C14H24FN3O2S. The quantitative estimate of drug-likeness (QED) is 0.758. The Balaban J connectivity index is 2.91. The van der Waals surface area contributed by atoms with E-state index in [4.69, 9.17) is 5.73 Å². The molecule has 0 heterocycles. The molecule has 1 rings (SSSR count). The molecule has 21 heavy (non-hydrogen) atoms. The first-order chi connectivity index (χ1) is 9.83. The second-order valence-electron chi connectivity index (χ2n) is 4.98. The lowest BCUT2D eigenvalue weighted by molar-refractivity contribution is 0.282. The van der Waals surface area contributed by atoms with Gasteiger partial charge in [-0.2, -0.15) is 0 Å². The highest BCUT2D eigenvalue weighted by atomic mass is 32.2. The molecule has 0 radical (unpaired) electrons. The molecule has 7 heteroatoms. The number of nitrogens with one attached hydrogen (secondary N) is 1. The molecule has 0 saturated heterocycles. The van der Waals surface area contributed by atoms with Crippen LogP contribution in [-0.4, -0.2) is 39.0 Å². The SMILES string of the molecule is CCN(CC)CC(C)NS(=O)(=O)c1cc(CN)ccc1F. The van der Waals surface area contributed by atoms with Crippen LogP contribution in [0.2, 0.25) is 0 Å². The zero-order chi connectivity index (χ0) is 16.0. The molecule has 120 valence electrons. The molecule has 0 bridgehead atoms. The highest BCUT2D eigenvalue weighted by Crippen LogP contribution is 2.16. The Bertz CT molecular complexity index is 559. The van der Waals surface area contributed by atoms with Gasteiger partial charge in [-0.25, -0.2) is 17.5 Å². The molecule has 1 aromatic rings. The summed E-state index contributed by atoms with van der Waals surface area (Å²) in [6.07, 6.45) is 0. The summed E-state index contributed by atoms with van der Waals surface area (Å²) in [7, 11) is -3.89. The van der Waals surface area contributed by atoms with Gasteiger partial charge in [-0.15, -0.1) is 0 Å². The van der Waals surface area contributed by atoms with Crippen molar-refractivity contribution in [1.29, 1.82) is 0 Å². The van der Waals surface area contributed by atoms with Crippen molar-refractivity contribution in [3.63, 3.8) is 0 Å². The van der Waals surface area contributed by atoms with Gasteiger partial charge in [0.25, 0.3) is 0 Å². The smallest absolute Gasteiger partial charge is 0.243 e. The summed E-state index contributed by atoms with van der Waals surface area (Å²) < 4.78 is 40.8. The predicted octanol–water partition coefficient (Wildman–Crippen LogP) is 1.29. The summed E-state index contributed by atoms with van der Waals surface area (Å²) in [4.78, 5) is 1.75. The lowest BCUT2D eigenvalue weighted by Gasteiger charge is -2.23. The van der Waals surface area contributed by atoms with E-state index in [1.54, 1.807) is 6.92 Å². The van der Waals surface area contributed by atoms with Gasteiger partial charge in [0.2, 0.25) is 10.0 Å². The first-order valence-electron chi connectivity index (χ1n) is 7.07. The fraction of sp³-hybridized carbons (Fsp3) is 0.571. The lowest BCUT2D eigenvalue weighted by atomic mass is 10.2. The molecule has 0 aliphatic carbocycles. The van der Waals surface area contributed by atoms with Crippen molar-refractivity contribution in [2.45, 2.75) is 38.3 Å². The van der Waals surface area contributed by atoms with Crippen LogP contribution in [0.15, 0.2) is 23.1 Å². The van der Waals surface area contributed by atoms with Crippen LogP contribution < -0.4 is 10.5 Å². The Labute approximate surface area is 126 Å². The zero-order valence-corrected chi connectivity index (χ0v) is 13.6. The molecule has 0 spiro atoms. The van der Waals surface area contributed by atoms with Crippen molar-refractivity contribution >= 4 is 10.0 Å². The minimum Gasteiger partial charge on any atom is -0.326 e. The van der Waals surface area contributed by atoms with E-state index in [-0.39, 0.29) is 17.5 Å². The highest BCUT2D eigenvalue weighted by molar-refractivity contribution is 7.89. The van der Waals surface area contributed by atoms with Gasteiger partial charge in [0.05, 0.1) is 0 Å². The molecule has 1 aromatic carbocycles. The molecule has 3 N–H and O–H groups in total. The third-order valence-electron chi connectivity index (χ3n) is 3.30. The summed E-state index contributed by atoms with van der Waals surface area (Å²) in [5, 5.41) is 0. The van der Waals surface area contributed by atoms with Crippen LogP contribution in [0.3, 0.4) is 0 Å². The summed E-state index contributed by atoms with van der Waals surface area (Å²) in [6.45, 7) is 8.19. The molecule has 0 aliphatic rings. The topological polar surface area (TPSA) is 75.4 Å². The van der Waals surface area contributed by atoms with Crippen LogP contribution in [0.5, 0.6) is 0 Å². The van der Waals surface area contributed by atoms with Crippen LogP contribution in [-0.2, 0) is 16.6 Å². The van der Waals surface area contributed by atoms with Gasteiger partial charge < -0.3 is 10.6 Å². The van der Waals surface area contributed by atoms with Crippen molar-refractivity contribution in [3.05, 3.63) is 29.6 Å². The van der Waals surface area contributed by atoms with Gasteiger partial charge in [0.1, 0.15) is 10.7 Å². The second kappa shape index (κ2) is 7.84. The highest BCUT2D eigenvalue weighted by Gasteiger charge is 2.22. The van der Waals surface area contributed by atoms with Gasteiger partial charge in [0, 0.05) is 19.1 Å². The van der Waals surface area contributed by atoms with Crippen molar-refractivity contribution in [2.24, 2.45) is 5.73 Å². The average Bonchev–Trinajstić information content (AvgIpc) is 2.44. The van der Waals surface area contributed by atoms with Crippen LogP contribution in [0, 0.1) is 5.82 Å². The summed E-state index contributed by atoms with van der Waals surface area (Å²) in [5.41, 5.74) is 6.05. The molecule has 0 aromatic heterocycles. The van der Waals surface area contributed by atoms with Crippen molar-refractivity contribution in [3.8, 4) is 0 Å². The average molecular weight is 317 g/mol. The summed E-state index contributed by atoms with van der Waals surface area (Å²) >= 11 is 0. The molecule has 1 atom stereocenters. The Hall–Kier alpha value is -1.02. The van der Waals surface area contributed by atoms with Gasteiger partial charge in [-0.05, 0) is 37.7 Å². The van der Waals surface area contributed by atoms with Crippen LogP contribution >= 0.6 is 0 Å². The van der Waals surface area contributed by atoms with Crippen molar-refractivity contribution in [2.75, 3.05) is 19.6 Å². The van der Waals surface area contributed by atoms with E-state index in [9.17, 15) is 12.8 Å². The fourth-order valence-corrected chi connectivity index (χ4v) is 3.48. The predicted molar refractivity (Wildman–Crippen MR) is 81.9 cm³/mol. The van der Waals surface area contributed by atoms with Crippen molar-refractivity contribution in [1.82, 2.24) is 9.62 Å². The minimum absolute atomic E-state index is 0.164. The largest absolute Gasteiger partial charge is 0.326 e. The van der Waals surface area contributed by atoms with E-state index in [2.05, 4.69) is 9.62 Å². The molecule has 0 amide bonds. The van der Waals surface area contributed by atoms with Gasteiger partial charge in [0.15, 0.2) is 0 Å². The molecule has 0 aliphatic heterocycles. The summed E-state index contributed by atoms with van der Waals surface area (Å²) in [6, 6.07) is 3.58. The van der Waals surface area contributed by atoms with Crippen LogP contribution in [0.1, 0.15) is 26.3 Å². The van der Waals surface area contributed by atoms with E-state index in [1.165, 1.54) is 12.1 Å². The number of nitrogens with zero attached hydrogens (tertiary/aromatic N) is 1. The number of nitrogens with two attached hydrogens (primary N) is 1. The van der Waals surface area contributed by atoms with E-state index in [0.717, 1.165) is 19.2 Å². The minimum atomic E-state index is -3.89. The molecule has 5 nitrogen and oxygen atoms in total. The first kappa shape index (κ1) is 18.0. The van der Waals surface area contributed by atoms with E-state index >= 15 is 0 Å². The number of sulfonamides is 1. The standard InChI is InChI=1S/C14H24FN3O2S/c1-4-18(5-2)10-11(3)17-21(19,20)14-8-12(9-16)6-7-13(14)15/h6-8,11,17H,4-5,9-10,16H2,1-3H3. The van der Waals surface area contributed by atoms with Crippen LogP contribution in [0.4, 0.5) is 4.39 Å². The van der Waals surface area contributed by atoms with E-state index in [0.29, 0.717) is 12.1 Å². The number of hydrogen-bond acceptors (Lipinski definition) is 4. The summed E-state index contributed by atoms with van der Waals surface area (Å²) in [5.74, 6) is -0.769. The maximum Gasteiger partial charge on any atom is 0.243 e. The van der Waals surface area contributed by atoms with E-state index in [1.807, 2.05) is 13.8 Å². The Kier molecular flexibility index (Phi) is 6.73. The molecular weight excluding hydrogens is 293 g/mol. The Morgan fingerprint density at radius 3 is 2.48 bits per heavy atom. The molecule has 0 saturated carbocycles. The number of rotatable bonds is 8. The Morgan fingerprint density at radius 1 is 1.33 bits per heavy atom. The number of likely N-dealkylation sites (N-methyl/N-ethyl adjacent to an activating group) is 1. The number of benzene rings is 1. The maximum atomic E-state index is 13.8. The molecule has 0 fully saturated rings. The Morgan fingerprint density at radius 2 is 1.95 bits per heavy atom. The number of halogens is 1. The zero-order valence-electron chi connectivity index (χ0n) is 12.8. The second-order valence-corrected chi connectivity index (χ2v) is 6.66. The third kappa shape index (κ3) is 5.03. The first-order valence-corrected chi connectivity index (χ1v) is 8.55. The number of hydrogen-bond donors (Lipinski definition) is 2. The van der Waals surface area contributed by atoms with Gasteiger partial charge in [-0.1, -0.05) is 19.9 Å². The van der Waals surface area contributed by atoms with E-state index < -0.39 is 15.8 Å². The monoisotopic (exact) mass is 317 g/mol. The van der Waals surface area contributed by atoms with Crippen molar-refractivity contribution < 1.29 is 12.8 Å². The maximum absolute atomic E-state index is 13.8. The third-order valence-corrected chi connectivity index (χ3v) is 4.91. The lowest BCUT2D eigenvalue weighted by Crippen LogP contribution is -2.42. The van der Waals surface area contributed by atoms with Crippen LogP contribution in [0.25, 0.3) is 0 Å². The molecule has 1 unspecified atom stereocenters. The normalized spacial score (nSPS) is 13.6. The van der Waals surface area contributed by atoms with Gasteiger partial charge >= 0.3 is 0 Å².